The largest absolute Gasteiger partial charge is 0.497 e. The Labute approximate surface area is 129 Å². The molecule has 0 saturated carbocycles. The molecule has 3 rings (SSSR count). The predicted octanol–water partition coefficient (Wildman–Crippen LogP) is 1.65. The van der Waals surface area contributed by atoms with Crippen LogP contribution >= 0.6 is 0 Å². The van der Waals surface area contributed by atoms with Crippen molar-refractivity contribution >= 4 is 5.91 Å². The lowest BCUT2D eigenvalue weighted by molar-refractivity contribution is 0.0715. The van der Waals surface area contributed by atoms with Crippen molar-refractivity contribution in [2.75, 3.05) is 20.2 Å². The van der Waals surface area contributed by atoms with Gasteiger partial charge in [0.1, 0.15) is 5.75 Å². The number of likely N-dealkylation sites (tertiary alicyclic amines) is 1. The van der Waals surface area contributed by atoms with Gasteiger partial charge in [0.25, 0.3) is 5.91 Å². The lowest BCUT2D eigenvalue weighted by atomic mass is 10.0. The smallest absolute Gasteiger partial charge is 0.257 e. The number of carbonyl (C=O) groups is 1. The number of hydrogen-bond donors (Lipinski definition) is 2. The molecule has 1 aromatic heterocycles. The zero-order valence-electron chi connectivity index (χ0n) is 12.6. The van der Waals surface area contributed by atoms with E-state index >= 15 is 0 Å². The summed E-state index contributed by atoms with van der Waals surface area (Å²) in [5, 5.41) is 6.97. The third-order valence-corrected chi connectivity index (χ3v) is 4.08. The van der Waals surface area contributed by atoms with Crippen LogP contribution in [0.4, 0.5) is 0 Å². The SMILES string of the molecule is COc1ccc(-c2[nH]ncc2C(=O)N2CCC(N)CC2)cc1. The number of benzene rings is 1. The van der Waals surface area contributed by atoms with Crippen molar-refractivity contribution in [3.63, 3.8) is 0 Å². The van der Waals surface area contributed by atoms with Crippen molar-refractivity contribution in [1.82, 2.24) is 15.1 Å². The Balaban J connectivity index is 1.83. The molecule has 0 bridgehead atoms. The van der Waals surface area contributed by atoms with E-state index in [0.29, 0.717) is 18.7 Å². The van der Waals surface area contributed by atoms with Crippen molar-refractivity contribution in [2.24, 2.45) is 5.73 Å². The van der Waals surface area contributed by atoms with Crippen molar-refractivity contribution in [1.29, 1.82) is 0 Å². The topological polar surface area (TPSA) is 84.2 Å². The normalized spacial score (nSPS) is 15.8. The number of hydrogen-bond acceptors (Lipinski definition) is 4. The molecule has 1 aromatic carbocycles. The number of nitrogens with two attached hydrogens (primary N) is 1. The summed E-state index contributed by atoms with van der Waals surface area (Å²) >= 11 is 0. The summed E-state index contributed by atoms with van der Waals surface area (Å²) in [6, 6.07) is 7.76. The van der Waals surface area contributed by atoms with Gasteiger partial charge in [-0.05, 0) is 37.1 Å². The maximum Gasteiger partial charge on any atom is 0.257 e. The second-order valence-electron chi connectivity index (χ2n) is 5.52. The number of aromatic amines is 1. The van der Waals surface area contributed by atoms with E-state index in [2.05, 4.69) is 10.2 Å². The van der Waals surface area contributed by atoms with E-state index in [1.807, 2.05) is 29.2 Å². The first-order chi connectivity index (χ1) is 10.7. The van der Waals surface area contributed by atoms with Crippen LogP contribution in [-0.2, 0) is 0 Å². The molecule has 2 aromatic rings. The molecule has 3 N–H and O–H groups in total. The molecule has 116 valence electrons. The molecule has 1 aliphatic rings. The second-order valence-corrected chi connectivity index (χ2v) is 5.52. The van der Waals surface area contributed by atoms with Crippen LogP contribution in [0.15, 0.2) is 30.5 Å². The Morgan fingerprint density at radius 1 is 1.32 bits per heavy atom. The van der Waals surface area contributed by atoms with Gasteiger partial charge in [-0.1, -0.05) is 0 Å². The Bertz CT molecular complexity index is 642. The molecular formula is C16H20N4O2. The van der Waals surface area contributed by atoms with E-state index < -0.39 is 0 Å². The van der Waals surface area contributed by atoms with E-state index in [9.17, 15) is 4.79 Å². The van der Waals surface area contributed by atoms with E-state index in [1.54, 1.807) is 13.3 Å². The highest BCUT2D eigenvalue weighted by atomic mass is 16.5. The fourth-order valence-corrected chi connectivity index (χ4v) is 2.70. The zero-order valence-corrected chi connectivity index (χ0v) is 12.6. The molecular weight excluding hydrogens is 280 g/mol. The monoisotopic (exact) mass is 300 g/mol. The number of piperidine rings is 1. The minimum Gasteiger partial charge on any atom is -0.497 e. The van der Waals surface area contributed by atoms with Crippen molar-refractivity contribution < 1.29 is 9.53 Å². The maximum atomic E-state index is 12.7. The third kappa shape index (κ3) is 2.82. The standard InChI is InChI=1S/C16H20N4O2/c1-22-13-4-2-11(3-5-13)15-14(10-18-19-15)16(21)20-8-6-12(17)7-9-20/h2-5,10,12H,6-9,17H2,1H3,(H,18,19). The summed E-state index contributed by atoms with van der Waals surface area (Å²) in [6.45, 7) is 1.40. The van der Waals surface area contributed by atoms with Crippen molar-refractivity contribution in [3.05, 3.63) is 36.0 Å². The molecule has 0 aliphatic carbocycles. The molecule has 1 aliphatic heterocycles. The number of carbonyl (C=O) groups excluding carboxylic acids is 1. The van der Waals surface area contributed by atoms with Crippen LogP contribution in [-0.4, -0.2) is 47.2 Å². The van der Waals surface area contributed by atoms with Crippen LogP contribution in [0.5, 0.6) is 5.75 Å². The number of nitrogens with zero attached hydrogens (tertiary/aromatic N) is 2. The average Bonchev–Trinajstić information content (AvgIpc) is 3.04. The Kier molecular flexibility index (Phi) is 4.11. The number of methoxy groups -OCH3 is 1. The molecule has 1 amide bonds. The molecule has 0 spiro atoms. The molecule has 0 radical (unpaired) electrons. The summed E-state index contributed by atoms with van der Waals surface area (Å²) in [6.07, 6.45) is 3.29. The molecule has 1 fully saturated rings. The second kappa shape index (κ2) is 6.19. The lowest BCUT2D eigenvalue weighted by Gasteiger charge is -2.30. The van der Waals surface area contributed by atoms with E-state index in [0.717, 1.165) is 29.8 Å². The predicted molar refractivity (Wildman–Crippen MR) is 83.7 cm³/mol. The van der Waals surface area contributed by atoms with Crippen molar-refractivity contribution in [2.45, 2.75) is 18.9 Å². The van der Waals surface area contributed by atoms with Crippen LogP contribution < -0.4 is 10.5 Å². The Morgan fingerprint density at radius 2 is 2.00 bits per heavy atom. The van der Waals surface area contributed by atoms with Gasteiger partial charge >= 0.3 is 0 Å². The first-order valence-electron chi connectivity index (χ1n) is 7.41. The van der Waals surface area contributed by atoms with Gasteiger partial charge in [-0.25, -0.2) is 0 Å². The molecule has 1 saturated heterocycles. The number of amides is 1. The highest BCUT2D eigenvalue weighted by molar-refractivity contribution is 5.99. The van der Waals surface area contributed by atoms with E-state index in [4.69, 9.17) is 10.5 Å². The fraction of sp³-hybridized carbons (Fsp3) is 0.375. The summed E-state index contributed by atoms with van der Waals surface area (Å²) in [7, 11) is 1.63. The van der Waals surface area contributed by atoms with Gasteiger partial charge in [-0.15, -0.1) is 0 Å². The molecule has 0 atom stereocenters. The van der Waals surface area contributed by atoms with Crippen LogP contribution in [0, 0.1) is 0 Å². The maximum absolute atomic E-state index is 12.7. The van der Waals surface area contributed by atoms with Gasteiger partial charge in [0.2, 0.25) is 0 Å². The molecule has 2 heterocycles. The Hall–Kier alpha value is -2.34. The van der Waals surface area contributed by atoms with Gasteiger partial charge in [-0.2, -0.15) is 5.10 Å². The van der Waals surface area contributed by atoms with Gasteiger partial charge in [0.15, 0.2) is 0 Å². The molecule has 6 nitrogen and oxygen atoms in total. The van der Waals surface area contributed by atoms with Crippen LogP contribution in [0.3, 0.4) is 0 Å². The lowest BCUT2D eigenvalue weighted by Crippen LogP contribution is -2.42. The van der Waals surface area contributed by atoms with Crippen LogP contribution in [0.25, 0.3) is 11.3 Å². The number of aromatic nitrogens is 2. The van der Waals surface area contributed by atoms with Gasteiger partial charge in [-0.3, -0.25) is 9.89 Å². The van der Waals surface area contributed by atoms with Crippen molar-refractivity contribution in [3.8, 4) is 17.0 Å². The van der Waals surface area contributed by atoms with Gasteiger partial charge in [0.05, 0.1) is 24.6 Å². The molecule has 0 unspecified atom stereocenters. The Morgan fingerprint density at radius 3 is 2.64 bits per heavy atom. The van der Waals surface area contributed by atoms with E-state index in [1.165, 1.54) is 0 Å². The number of nitrogens with one attached hydrogen (secondary N) is 1. The summed E-state index contributed by atoms with van der Waals surface area (Å²) in [5.41, 5.74) is 8.14. The first-order valence-corrected chi connectivity index (χ1v) is 7.41. The van der Waals surface area contributed by atoms with Crippen LogP contribution in [0.1, 0.15) is 23.2 Å². The average molecular weight is 300 g/mol. The summed E-state index contributed by atoms with van der Waals surface area (Å²) in [5.74, 6) is 0.785. The van der Waals surface area contributed by atoms with Gasteiger partial charge < -0.3 is 15.4 Å². The van der Waals surface area contributed by atoms with Crippen LogP contribution in [0.2, 0.25) is 0 Å². The number of rotatable bonds is 3. The fourth-order valence-electron chi connectivity index (χ4n) is 2.70. The minimum atomic E-state index is 0.00599. The quantitative estimate of drug-likeness (QED) is 0.902. The summed E-state index contributed by atoms with van der Waals surface area (Å²) in [4.78, 5) is 14.5. The highest BCUT2D eigenvalue weighted by Crippen LogP contribution is 2.25. The zero-order chi connectivity index (χ0) is 15.5. The summed E-state index contributed by atoms with van der Waals surface area (Å²) < 4.78 is 5.16. The minimum absolute atomic E-state index is 0.00599. The van der Waals surface area contributed by atoms with E-state index in [-0.39, 0.29) is 11.9 Å². The highest BCUT2D eigenvalue weighted by Gasteiger charge is 2.24. The number of H-pyrrole nitrogens is 1. The molecule has 6 heteroatoms. The van der Waals surface area contributed by atoms with Gasteiger partial charge in [0, 0.05) is 24.7 Å². The first kappa shape index (κ1) is 14.6. The number of ether oxygens (including phenoxy) is 1. The molecule has 22 heavy (non-hydrogen) atoms. The third-order valence-electron chi connectivity index (χ3n) is 4.08.